The normalized spacial score (nSPS) is 13.6. The van der Waals surface area contributed by atoms with Gasteiger partial charge in [0, 0.05) is 19.0 Å². The molecule has 1 aromatic heterocycles. The Bertz CT molecular complexity index is 870. The monoisotopic (exact) mass is 453 g/mol. The van der Waals surface area contributed by atoms with Crippen LogP contribution in [-0.4, -0.2) is 30.0 Å². The molecule has 1 unspecified atom stereocenters. The summed E-state index contributed by atoms with van der Waals surface area (Å²) in [5.74, 6) is 0.0395. The van der Waals surface area contributed by atoms with Crippen molar-refractivity contribution in [3.63, 3.8) is 0 Å². The lowest BCUT2D eigenvalue weighted by atomic mass is 9.78. The molecule has 0 aliphatic heterocycles. The van der Waals surface area contributed by atoms with Crippen LogP contribution < -0.4 is 10.6 Å². The van der Waals surface area contributed by atoms with Crippen molar-refractivity contribution in [2.45, 2.75) is 38.6 Å². The van der Waals surface area contributed by atoms with Crippen LogP contribution in [0.3, 0.4) is 0 Å². The molecule has 158 valence electrons. The van der Waals surface area contributed by atoms with E-state index in [4.69, 9.17) is 4.98 Å². The molecule has 0 saturated heterocycles. The van der Waals surface area contributed by atoms with Crippen molar-refractivity contribution in [3.8, 4) is 0 Å². The van der Waals surface area contributed by atoms with Gasteiger partial charge in [0.2, 0.25) is 5.91 Å². The summed E-state index contributed by atoms with van der Waals surface area (Å²) in [6.07, 6.45) is 0.581. The SMILES string of the molecule is CCN[C@H](C)CNC(=O)C(C)(Cc1nc2ccccc2s1)c1ccccc1.Cl.Cl. The average Bonchev–Trinajstić information content (AvgIpc) is 3.09. The Kier molecular flexibility index (Phi) is 10.1. The summed E-state index contributed by atoms with van der Waals surface area (Å²) in [7, 11) is 0. The van der Waals surface area contributed by atoms with Crippen molar-refractivity contribution in [1.82, 2.24) is 15.6 Å². The van der Waals surface area contributed by atoms with E-state index in [0.29, 0.717) is 13.0 Å². The predicted molar refractivity (Wildman–Crippen MR) is 128 cm³/mol. The Labute approximate surface area is 189 Å². The van der Waals surface area contributed by atoms with E-state index >= 15 is 0 Å². The maximum Gasteiger partial charge on any atom is 0.230 e. The minimum atomic E-state index is -0.666. The molecule has 3 rings (SSSR count). The zero-order valence-electron chi connectivity index (χ0n) is 17.0. The molecule has 0 aliphatic carbocycles. The van der Waals surface area contributed by atoms with Gasteiger partial charge >= 0.3 is 0 Å². The van der Waals surface area contributed by atoms with Crippen molar-refractivity contribution in [2.75, 3.05) is 13.1 Å². The fourth-order valence-electron chi connectivity index (χ4n) is 3.28. The third-order valence-electron chi connectivity index (χ3n) is 4.88. The van der Waals surface area contributed by atoms with Crippen LogP contribution >= 0.6 is 36.2 Å². The number of thiazole rings is 1. The van der Waals surface area contributed by atoms with Crippen molar-refractivity contribution in [2.24, 2.45) is 0 Å². The molecule has 0 fully saturated rings. The van der Waals surface area contributed by atoms with Gasteiger partial charge < -0.3 is 10.6 Å². The van der Waals surface area contributed by atoms with Crippen molar-refractivity contribution < 1.29 is 4.79 Å². The Morgan fingerprint density at radius 3 is 2.41 bits per heavy atom. The first-order valence-electron chi connectivity index (χ1n) is 9.44. The number of amides is 1. The lowest BCUT2D eigenvalue weighted by molar-refractivity contribution is -0.126. The highest BCUT2D eigenvalue weighted by molar-refractivity contribution is 7.18. The van der Waals surface area contributed by atoms with Gasteiger partial charge in [-0.3, -0.25) is 4.79 Å². The lowest BCUT2D eigenvalue weighted by Crippen LogP contribution is -2.48. The van der Waals surface area contributed by atoms with Crippen LogP contribution in [0.4, 0.5) is 0 Å². The van der Waals surface area contributed by atoms with Crippen LogP contribution in [0.25, 0.3) is 10.2 Å². The number of carbonyl (C=O) groups excluding carboxylic acids is 1. The van der Waals surface area contributed by atoms with Gasteiger partial charge in [-0.15, -0.1) is 36.2 Å². The Morgan fingerprint density at radius 1 is 1.10 bits per heavy atom. The second-order valence-corrected chi connectivity index (χ2v) is 8.23. The smallest absolute Gasteiger partial charge is 0.230 e. The summed E-state index contributed by atoms with van der Waals surface area (Å²) in [4.78, 5) is 18.0. The number of fused-ring (bicyclic) bond motifs is 1. The highest BCUT2D eigenvalue weighted by atomic mass is 35.5. The number of halogens is 2. The summed E-state index contributed by atoms with van der Waals surface area (Å²) < 4.78 is 1.16. The van der Waals surface area contributed by atoms with Gasteiger partial charge in [-0.05, 0) is 38.1 Å². The topological polar surface area (TPSA) is 54.0 Å². The number of para-hydroxylation sites is 1. The zero-order valence-corrected chi connectivity index (χ0v) is 19.4. The zero-order chi connectivity index (χ0) is 19.3. The van der Waals surface area contributed by atoms with Crippen LogP contribution in [0.2, 0.25) is 0 Å². The van der Waals surface area contributed by atoms with Gasteiger partial charge in [0.15, 0.2) is 0 Å². The van der Waals surface area contributed by atoms with Crippen LogP contribution in [0.15, 0.2) is 54.6 Å². The van der Waals surface area contributed by atoms with E-state index in [9.17, 15) is 4.79 Å². The minimum Gasteiger partial charge on any atom is -0.354 e. The van der Waals surface area contributed by atoms with E-state index in [0.717, 1.165) is 27.3 Å². The first-order valence-corrected chi connectivity index (χ1v) is 10.3. The van der Waals surface area contributed by atoms with Gasteiger partial charge in [-0.25, -0.2) is 4.98 Å². The Hall–Kier alpha value is -1.66. The minimum absolute atomic E-state index is 0. The number of likely N-dealkylation sites (N-methyl/N-ethyl adjacent to an activating group) is 1. The van der Waals surface area contributed by atoms with E-state index in [1.54, 1.807) is 11.3 Å². The van der Waals surface area contributed by atoms with E-state index < -0.39 is 5.41 Å². The summed E-state index contributed by atoms with van der Waals surface area (Å²) in [6.45, 7) is 7.66. The van der Waals surface area contributed by atoms with E-state index in [1.807, 2.05) is 55.5 Å². The second kappa shape index (κ2) is 11.5. The predicted octanol–water partition coefficient (Wildman–Crippen LogP) is 4.75. The fraction of sp³-hybridized carbons (Fsp3) is 0.364. The quantitative estimate of drug-likeness (QED) is 0.516. The fourth-order valence-corrected chi connectivity index (χ4v) is 4.40. The summed E-state index contributed by atoms with van der Waals surface area (Å²) >= 11 is 1.67. The van der Waals surface area contributed by atoms with Crippen molar-refractivity contribution in [1.29, 1.82) is 0 Å². The molecule has 0 saturated carbocycles. The van der Waals surface area contributed by atoms with E-state index in [1.165, 1.54) is 0 Å². The number of carbonyl (C=O) groups is 1. The molecule has 2 N–H and O–H groups in total. The molecule has 7 heteroatoms. The molecule has 4 nitrogen and oxygen atoms in total. The van der Waals surface area contributed by atoms with E-state index in [-0.39, 0.29) is 36.8 Å². The third kappa shape index (κ3) is 6.16. The number of hydrogen-bond acceptors (Lipinski definition) is 4. The second-order valence-electron chi connectivity index (χ2n) is 7.12. The van der Waals surface area contributed by atoms with Gasteiger partial charge in [0.25, 0.3) is 0 Å². The molecule has 3 aromatic rings. The average molecular weight is 454 g/mol. The number of hydrogen-bond donors (Lipinski definition) is 2. The molecule has 2 atom stereocenters. The largest absolute Gasteiger partial charge is 0.354 e. The lowest BCUT2D eigenvalue weighted by Gasteiger charge is -2.29. The number of nitrogens with one attached hydrogen (secondary N) is 2. The molecule has 2 aromatic carbocycles. The van der Waals surface area contributed by atoms with Gasteiger partial charge in [0.05, 0.1) is 20.6 Å². The molecular formula is C22H29Cl2N3OS. The number of rotatable bonds is 8. The summed E-state index contributed by atoms with van der Waals surface area (Å²) in [5.41, 5.74) is 1.34. The molecular weight excluding hydrogens is 425 g/mol. The molecule has 0 radical (unpaired) electrons. The van der Waals surface area contributed by atoms with Crippen LogP contribution in [0.5, 0.6) is 0 Å². The van der Waals surface area contributed by atoms with Gasteiger partial charge in [-0.1, -0.05) is 49.4 Å². The molecule has 0 bridgehead atoms. The first-order chi connectivity index (χ1) is 13.0. The number of aromatic nitrogens is 1. The van der Waals surface area contributed by atoms with Gasteiger partial charge in [0.1, 0.15) is 0 Å². The molecule has 1 heterocycles. The number of nitrogens with zero attached hydrogens (tertiary/aromatic N) is 1. The van der Waals surface area contributed by atoms with Crippen LogP contribution in [0, 0.1) is 0 Å². The molecule has 1 amide bonds. The first kappa shape index (κ1) is 25.4. The maximum atomic E-state index is 13.2. The van der Waals surface area contributed by atoms with Gasteiger partial charge in [-0.2, -0.15) is 0 Å². The molecule has 0 aliphatic rings. The molecule has 29 heavy (non-hydrogen) atoms. The van der Waals surface area contributed by atoms with Crippen LogP contribution in [0.1, 0.15) is 31.3 Å². The maximum absolute atomic E-state index is 13.2. The third-order valence-corrected chi connectivity index (χ3v) is 5.91. The van der Waals surface area contributed by atoms with Crippen LogP contribution in [-0.2, 0) is 16.6 Å². The van der Waals surface area contributed by atoms with Crippen molar-refractivity contribution >= 4 is 52.3 Å². The summed E-state index contributed by atoms with van der Waals surface area (Å²) in [5, 5.41) is 7.45. The molecule has 0 spiro atoms. The summed E-state index contributed by atoms with van der Waals surface area (Å²) in [6, 6.07) is 18.4. The number of benzene rings is 2. The Morgan fingerprint density at radius 2 is 1.76 bits per heavy atom. The van der Waals surface area contributed by atoms with Crippen molar-refractivity contribution in [3.05, 3.63) is 65.2 Å². The Balaban J connectivity index is 0.00000210. The van der Waals surface area contributed by atoms with E-state index in [2.05, 4.69) is 30.5 Å². The standard InChI is InChI=1S/C22H27N3OS.2ClH/c1-4-23-16(2)15-24-21(26)22(3,17-10-6-5-7-11-17)14-20-25-18-12-8-9-13-19(18)27-20;;/h5-13,16,23H,4,14-15H2,1-3H3,(H,24,26);2*1H/t16-,22?;;/m1../s1. The highest BCUT2D eigenvalue weighted by Crippen LogP contribution is 2.32. The highest BCUT2D eigenvalue weighted by Gasteiger charge is 2.36.